The number of aromatic nitrogens is 2. The largest absolute Gasteiger partial charge is 0.387 e. The molecule has 0 radical (unpaired) electrons. The maximum Gasteiger partial charge on any atom is 0.252 e. The summed E-state index contributed by atoms with van der Waals surface area (Å²) < 4.78 is 12.0. The second-order valence-corrected chi connectivity index (χ2v) is 14.0. The van der Waals surface area contributed by atoms with Crippen LogP contribution in [0, 0.1) is 11.8 Å². The van der Waals surface area contributed by atoms with E-state index in [1.165, 1.54) is 14.1 Å². The van der Waals surface area contributed by atoms with Gasteiger partial charge in [0.25, 0.3) is 11.8 Å². The lowest BCUT2D eigenvalue weighted by Crippen LogP contribution is -2.60. The van der Waals surface area contributed by atoms with Crippen molar-refractivity contribution >= 4 is 23.6 Å². The number of pyridine rings is 2. The number of carbonyl (C=O) groups is 4. The fourth-order valence-corrected chi connectivity index (χ4v) is 5.89. The van der Waals surface area contributed by atoms with Gasteiger partial charge in [-0.15, -0.1) is 0 Å². The Morgan fingerprint density at radius 2 is 0.911 bits per heavy atom. The lowest BCUT2D eigenvalue weighted by Gasteiger charge is -2.32. The molecule has 14 nitrogen and oxygen atoms in total. The van der Waals surface area contributed by atoms with Crippen LogP contribution in [0.4, 0.5) is 0 Å². The van der Waals surface area contributed by atoms with Gasteiger partial charge in [-0.25, -0.2) is 0 Å². The molecule has 56 heavy (non-hydrogen) atoms. The Kier molecular flexibility index (Phi) is 16.2. The van der Waals surface area contributed by atoms with E-state index in [9.17, 15) is 29.4 Å². The van der Waals surface area contributed by atoms with Gasteiger partial charge in [0.1, 0.15) is 24.3 Å². The van der Waals surface area contributed by atoms with Gasteiger partial charge in [0.2, 0.25) is 11.8 Å². The minimum Gasteiger partial charge on any atom is -0.387 e. The monoisotopic (exact) mass is 768 g/mol. The molecule has 6 N–H and O–H groups in total. The van der Waals surface area contributed by atoms with Crippen LogP contribution < -0.4 is 21.3 Å². The third-order valence-electron chi connectivity index (χ3n) is 9.23. The molecule has 0 aliphatic heterocycles. The van der Waals surface area contributed by atoms with Crippen molar-refractivity contribution in [2.45, 2.75) is 77.4 Å². The van der Waals surface area contributed by atoms with Crippen molar-refractivity contribution in [3.8, 4) is 22.3 Å². The molecule has 0 saturated heterocycles. The van der Waals surface area contributed by atoms with Crippen LogP contribution in [-0.2, 0) is 41.9 Å². The van der Waals surface area contributed by atoms with Gasteiger partial charge in [0.05, 0.1) is 13.2 Å². The maximum atomic E-state index is 13.9. The number of carbonyl (C=O) groups excluding carboxylic acids is 4. The molecule has 2 aromatic heterocycles. The van der Waals surface area contributed by atoms with Crippen LogP contribution in [0.5, 0.6) is 0 Å². The quantitative estimate of drug-likeness (QED) is 0.0825. The van der Waals surface area contributed by atoms with Crippen LogP contribution in [0.15, 0.2) is 97.6 Å². The molecule has 14 heteroatoms. The number of nitrogens with one attached hydrogen (secondary N) is 4. The second-order valence-electron chi connectivity index (χ2n) is 14.0. The second kappa shape index (κ2) is 20.9. The molecule has 2 aromatic carbocycles. The molecule has 0 unspecified atom stereocenters. The first kappa shape index (κ1) is 43.2. The predicted octanol–water partition coefficient (Wildman–Crippen LogP) is 2.78. The summed E-state index contributed by atoms with van der Waals surface area (Å²) in [5.41, 5.74) is 4.85. The summed E-state index contributed by atoms with van der Waals surface area (Å²) in [6, 6.07) is 20.0. The Hall–Kier alpha value is -5.54. The van der Waals surface area contributed by atoms with Crippen LogP contribution >= 0.6 is 0 Å². The molecule has 4 aromatic rings. The average molecular weight is 769 g/mol. The third kappa shape index (κ3) is 11.7. The number of likely N-dealkylation sites (N-methyl/N-ethyl adjacent to an activating group) is 2. The molecule has 4 amide bonds. The van der Waals surface area contributed by atoms with E-state index in [0.717, 1.165) is 22.3 Å². The normalized spacial score (nSPS) is 14.5. The molecule has 0 aliphatic carbocycles. The van der Waals surface area contributed by atoms with Gasteiger partial charge < -0.3 is 41.0 Å². The van der Waals surface area contributed by atoms with Crippen molar-refractivity contribution in [2.24, 2.45) is 11.8 Å². The fraction of sp³-hybridized carbons (Fsp3) is 0.381. The zero-order chi connectivity index (χ0) is 40.8. The van der Waals surface area contributed by atoms with E-state index in [1.54, 1.807) is 76.7 Å². The highest BCUT2D eigenvalue weighted by molar-refractivity contribution is 5.91. The van der Waals surface area contributed by atoms with Gasteiger partial charge >= 0.3 is 0 Å². The number of aliphatic hydroxyl groups excluding tert-OH is 2. The maximum absolute atomic E-state index is 13.9. The molecule has 2 heterocycles. The van der Waals surface area contributed by atoms with E-state index >= 15 is 0 Å². The summed E-state index contributed by atoms with van der Waals surface area (Å²) >= 11 is 0. The first-order chi connectivity index (χ1) is 26.8. The molecule has 0 bridgehead atoms. The van der Waals surface area contributed by atoms with Gasteiger partial charge in [-0.3, -0.25) is 29.1 Å². The fourth-order valence-electron chi connectivity index (χ4n) is 5.89. The predicted molar refractivity (Wildman–Crippen MR) is 210 cm³/mol. The molecular weight excluding hydrogens is 716 g/mol. The van der Waals surface area contributed by atoms with E-state index in [4.69, 9.17) is 9.47 Å². The molecule has 0 spiro atoms. The zero-order valence-corrected chi connectivity index (χ0v) is 32.5. The highest BCUT2D eigenvalue weighted by atomic mass is 16.5. The topological polar surface area (TPSA) is 201 Å². The molecular formula is C42H52N6O8. The van der Waals surface area contributed by atoms with E-state index in [1.807, 2.05) is 48.5 Å². The highest BCUT2D eigenvalue weighted by Gasteiger charge is 2.42. The molecule has 0 saturated carbocycles. The summed E-state index contributed by atoms with van der Waals surface area (Å²) in [6.07, 6.45) is -0.868. The smallest absolute Gasteiger partial charge is 0.252 e. The summed E-state index contributed by atoms with van der Waals surface area (Å²) in [7, 11) is 2.86. The van der Waals surface area contributed by atoms with Crippen molar-refractivity contribution in [3.63, 3.8) is 0 Å². The minimum atomic E-state index is -2.05. The van der Waals surface area contributed by atoms with Crippen molar-refractivity contribution < 1.29 is 38.9 Å². The summed E-state index contributed by atoms with van der Waals surface area (Å²) in [4.78, 5) is 61.5. The van der Waals surface area contributed by atoms with Gasteiger partial charge in [-0.1, -0.05) is 88.4 Å². The van der Waals surface area contributed by atoms with Crippen molar-refractivity contribution in [1.29, 1.82) is 0 Å². The number of ether oxygens (including phenoxy) is 2. The van der Waals surface area contributed by atoms with Gasteiger partial charge in [0.15, 0.2) is 12.2 Å². The number of nitrogens with zero attached hydrogens (tertiary/aromatic N) is 2. The third-order valence-corrected chi connectivity index (χ3v) is 9.23. The van der Waals surface area contributed by atoms with Crippen LogP contribution in [0.2, 0.25) is 0 Å². The zero-order valence-electron chi connectivity index (χ0n) is 32.5. The molecule has 0 aliphatic rings. The molecule has 4 rings (SSSR count). The first-order valence-corrected chi connectivity index (χ1v) is 18.5. The van der Waals surface area contributed by atoms with E-state index < -0.39 is 60.1 Å². The molecule has 6 atom stereocenters. The molecule has 0 fully saturated rings. The summed E-state index contributed by atoms with van der Waals surface area (Å²) in [5, 5.41) is 33.8. The summed E-state index contributed by atoms with van der Waals surface area (Å²) in [5.74, 6) is -3.46. The molecule has 298 valence electrons. The number of rotatable bonds is 19. The van der Waals surface area contributed by atoms with E-state index in [-0.39, 0.29) is 25.0 Å². The average Bonchev–Trinajstić information content (AvgIpc) is 3.22. The van der Waals surface area contributed by atoms with Crippen molar-refractivity contribution in [3.05, 3.63) is 109 Å². The Bertz CT molecular complexity index is 1720. The van der Waals surface area contributed by atoms with E-state index in [0.29, 0.717) is 11.1 Å². The van der Waals surface area contributed by atoms with E-state index in [2.05, 4.69) is 31.2 Å². The Morgan fingerprint density at radius 3 is 1.20 bits per heavy atom. The lowest BCUT2D eigenvalue weighted by molar-refractivity contribution is -0.171. The van der Waals surface area contributed by atoms with Crippen LogP contribution in [0.25, 0.3) is 22.3 Å². The standard InChI is InChI=1S/C42H52N6O8/c1-25(2)33(39(51)43-5)47-41(53)37(55-23-27-11-15-29(16-12-27)31-9-7-19-45-21-31)35(49)36(50)38(42(54)48-34(26(3)4)40(52)44-6)56-24-28-13-17-30(18-14-28)32-10-8-20-46-22-32/h7-22,25-26,33-38,49-50H,23-24H2,1-6H3,(H,43,51)(H,44,52)(H,47,53)(H,48,54)/t33-,34-,35-,36-,37+,38+/m1/s1. The van der Waals surface area contributed by atoms with Gasteiger partial charge in [-0.2, -0.15) is 0 Å². The SMILES string of the molecule is CNC(=O)[C@H](NC(=O)[C@@H](OCc1ccc(-c2cccnc2)cc1)[C@H](O)[C@@H](O)[C@H](OCc1ccc(-c2cccnc2)cc1)C(=O)N[C@@H](C(=O)NC)C(C)C)C(C)C. The van der Waals surface area contributed by atoms with Gasteiger partial charge in [0, 0.05) is 38.9 Å². The number of aliphatic hydroxyl groups is 2. The highest BCUT2D eigenvalue weighted by Crippen LogP contribution is 2.22. The van der Waals surface area contributed by atoms with Crippen LogP contribution in [0.3, 0.4) is 0 Å². The minimum absolute atomic E-state index is 0.186. The first-order valence-electron chi connectivity index (χ1n) is 18.5. The summed E-state index contributed by atoms with van der Waals surface area (Å²) in [6.45, 7) is 6.57. The lowest BCUT2D eigenvalue weighted by atomic mass is 9.98. The van der Waals surface area contributed by atoms with Crippen LogP contribution in [0.1, 0.15) is 38.8 Å². The van der Waals surface area contributed by atoms with Crippen LogP contribution in [-0.4, -0.2) is 94.4 Å². The van der Waals surface area contributed by atoms with Gasteiger partial charge in [-0.05, 0) is 57.3 Å². The Balaban J connectivity index is 1.63. The van der Waals surface area contributed by atoms with Crippen molar-refractivity contribution in [2.75, 3.05) is 14.1 Å². The Morgan fingerprint density at radius 1 is 0.554 bits per heavy atom. The number of amides is 4. The number of hydrogen-bond donors (Lipinski definition) is 6. The Labute approximate surface area is 327 Å². The number of benzene rings is 2. The van der Waals surface area contributed by atoms with Crippen molar-refractivity contribution in [1.82, 2.24) is 31.2 Å². The number of hydrogen-bond acceptors (Lipinski definition) is 10.